The molecule has 59 valence electrons. The molecule has 11 heavy (non-hydrogen) atoms. The predicted octanol–water partition coefficient (Wildman–Crippen LogP) is 2.75. The van der Waals surface area contributed by atoms with Crippen molar-refractivity contribution in [3.05, 3.63) is 36.2 Å². The molecule has 0 saturated heterocycles. The van der Waals surface area contributed by atoms with Crippen LogP contribution in [0, 0.1) is 0 Å². The summed E-state index contributed by atoms with van der Waals surface area (Å²) in [5.41, 5.74) is 1.07. The van der Waals surface area contributed by atoms with Crippen LogP contribution in [0.15, 0.2) is 36.2 Å². The molecule has 0 unspecified atom stereocenters. The van der Waals surface area contributed by atoms with E-state index in [1.54, 1.807) is 0 Å². The van der Waals surface area contributed by atoms with Gasteiger partial charge in [-0.3, -0.25) is 5.32 Å². The van der Waals surface area contributed by atoms with Crippen LogP contribution < -0.4 is 5.32 Å². The SMILES string of the molecule is CCCC/C=C/C1=CC=C[N]1. The van der Waals surface area contributed by atoms with Gasteiger partial charge in [-0.05, 0) is 24.6 Å². The van der Waals surface area contributed by atoms with E-state index in [-0.39, 0.29) is 0 Å². The molecule has 0 aliphatic carbocycles. The zero-order chi connectivity index (χ0) is 7.94. The fourth-order valence-corrected chi connectivity index (χ4v) is 0.938. The van der Waals surface area contributed by atoms with Gasteiger partial charge in [0, 0.05) is 6.20 Å². The molecule has 0 aromatic heterocycles. The Hall–Kier alpha value is -0.980. The first-order valence-corrected chi connectivity index (χ1v) is 4.17. The molecule has 0 N–H and O–H groups in total. The van der Waals surface area contributed by atoms with Crippen molar-refractivity contribution >= 4 is 0 Å². The Kier molecular flexibility index (Phi) is 3.53. The van der Waals surface area contributed by atoms with E-state index in [9.17, 15) is 0 Å². The molecule has 1 nitrogen and oxygen atoms in total. The third-order valence-corrected chi connectivity index (χ3v) is 1.59. The lowest BCUT2D eigenvalue weighted by Gasteiger charge is -1.91. The Bertz CT molecular complexity index is 187. The van der Waals surface area contributed by atoms with Crippen LogP contribution in [0.4, 0.5) is 0 Å². The van der Waals surface area contributed by atoms with Gasteiger partial charge in [-0.1, -0.05) is 25.8 Å². The Morgan fingerprint density at radius 3 is 3.09 bits per heavy atom. The number of unbranched alkanes of at least 4 members (excludes halogenated alkanes) is 2. The van der Waals surface area contributed by atoms with Crippen molar-refractivity contribution in [3.8, 4) is 0 Å². The van der Waals surface area contributed by atoms with E-state index >= 15 is 0 Å². The highest BCUT2D eigenvalue weighted by molar-refractivity contribution is 5.28. The highest BCUT2D eigenvalue weighted by atomic mass is 14.9. The zero-order valence-corrected chi connectivity index (χ0v) is 6.96. The van der Waals surface area contributed by atoms with E-state index in [1.165, 1.54) is 19.3 Å². The van der Waals surface area contributed by atoms with Crippen LogP contribution in [0.25, 0.3) is 0 Å². The summed E-state index contributed by atoms with van der Waals surface area (Å²) in [6.45, 7) is 2.20. The summed E-state index contributed by atoms with van der Waals surface area (Å²) in [6, 6.07) is 0. The van der Waals surface area contributed by atoms with Crippen LogP contribution in [0.5, 0.6) is 0 Å². The van der Waals surface area contributed by atoms with Crippen LogP contribution in [-0.4, -0.2) is 0 Å². The quantitative estimate of drug-likeness (QED) is 0.544. The number of hydrogen-bond donors (Lipinski definition) is 0. The molecular formula is C10H14N. The van der Waals surface area contributed by atoms with Gasteiger partial charge in [0.2, 0.25) is 0 Å². The summed E-state index contributed by atoms with van der Waals surface area (Å²) in [7, 11) is 0. The van der Waals surface area contributed by atoms with Gasteiger partial charge in [0.05, 0.1) is 5.70 Å². The molecule has 0 saturated carbocycles. The highest BCUT2D eigenvalue weighted by Gasteiger charge is 1.92. The normalized spacial score (nSPS) is 15.5. The van der Waals surface area contributed by atoms with Gasteiger partial charge in [-0.2, -0.15) is 0 Å². The second-order valence-electron chi connectivity index (χ2n) is 2.61. The molecule has 0 aromatic carbocycles. The average molecular weight is 148 g/mol. The summed E-state index contributed by atoms with van der Waals surface area (Å²) in [5, 5.41) is 4.13. The minimum atomic E-state index is 1.07. The van der Waals surface area contributed by atoms with Crippen LogP contribution in [0.3, 0.4) is 0 Å². The molecule has 1 rings (SSSR count). The van der Waals surface area contributed by atoms with Crippen molar-refractivity contribution in [2.75, 3.05) is 0 Å². The van der Waals surface area contributed by atoms with E-state index in [2.05, 4.69) is 24.4 Å². The summed E-state index contributed by atoms with van der Waals surface area (Å²) in [5.74, 6) is 0. The van der Waals surface area contributed by atoms with Crippen molar-refractivity contribution < 1.29 is 0 Å². The first kappa shape index (κ1) is 8.12. The second-order valence-corrected chi connectivity index (χ2v) is 2.61. The molecule has 0 bridgehead atoms. The van der Waals surface area contributed by atoms with Crippen LogP contribution in [0.2, 0.25) is 0 Å². The number of hydrogen-bond acceptors (Lipinski definition) is 0. The van der Waals surface area contributed by atoms with Crippen LogP contribution in [-0.2, 0) is 0 Å². The molecule has 1 aliphatic rings. The standard InChI is InChI=1S/C10H14N/c1-2-3-4-5-7-10-8-6-9-11-10/h5-9H,2-4H2,1H3/b7-5+. The largest absolute Gasteiger partial charge is 0.257 e. The zero-order valence-electron chi connectivity index (χ0n) is 6.96. The predicted molar refractivity (Wildman–Crippen MR) is 48.0 cm³/mol. The number of nitrogens with zero attached hydrogens (tertiary/aromatic N) is 1. The molecule has 0 fully saturated rings. The Morgan fingerprint density at radius 2 is 2.45 bits per heavy atom. The number of allylic oxidation sites excluding steroid dienone is 4. The lowest BCUT2D eigenvalue weighted by Crippen LogP contribution is -1.86. The minimum Gasteiger partial charge on any atom is -0.257 e. The van der Waals surface area contributed by atoms with Gasteiger partial charge in [0.1, 0.15) is 0 Å². The number of rotatable bonds is 4. The Morgan fingerprint density at radius 1 is 1.55 bits per heavy atom. The lowest BCUT2D eigenvalue weighted by atomic mass is 10.2. The van der Waals surface area contributed by atoms with Crippen molar-refractivity contribution in [2.45, 2.75) is 26.2 Å². The van der Waals surface area contributed by atoms with Crippen LogP contribution >= 0.6 is 0 Å². The molecule has 0 amide bonds. The van der Waals surface area contributed by atoms with Gasteiger partial charge in [0.15, 0.2) is 0 Å². The molecule has 0 aromatic rings. The molecular weight excluding hydrogens is 134 g/mol. The molecule has 1 heterocycles. The maximum absolute atomic E-state index is 4.13. The molecule has 0 spiro atoms. The molecule has 1 aliphatic heterocycles. The van der Waals surface area contributed by atoms with Crippen molar-refractivity contribution in [3.63, 3.8) is 0 Å². The summed E-state index contributed by atoms with van der Waals surface area (Å²) in [4.78, 5) is 0. The maximum Gasteiger partial charge on any atom is 0.0626 e. The van der Waals surface area contributed by atoms with E-state index in [1.807, 2.05) is 18.4 Å². The first-order chi connectivity index (χ1) is 5.43. The van der Waals surface area contributed by atoms with Gasteiger partial charge < -0.3 is 0 Å². The molecule has 1 heteroatoms. The highest BCUT2D eigenvalue weighted by Crippen LogP contribution is 2.03. The van der Waals surface area contributed by atoms with E-state index in [0.29, 0.717) is 0 Å². The van der Waals surface area contributed by atoms with E-state index in [0.717, 1.165) is 5.70 Å². The minimum absolute atomic E-state index is 1.07. The van der Waals surface area contributed by atoms with E-state index in [4.69, 9.17) is 0 Å². The topological polar surface area (TPSA) is 14.1 Å². The Labute approximate surface area is 68.5 Å². The van der Waals surface area contributed by atoms with Crippen molar-refractivity contribution in [2.24, 2.45) is 0 Å². The van der Waals surface area contributed by atoms with Crippen molar-refractivity contribution in [1.29, 1.82) is 0 Å². The Balaban J connectivity index is 2.15. The van der Waals surface area contributed by atoms with Crippen LogP contribution in [0.1, 0.15) is 26.2 Å². The average Bonchev–Trinajstić information content (AvgIpc) is 2.50. The van der Waals surface area contributed by atoms with Crippen molar-refractivity contribution in [1.82, 2.24) is 5.32 Å². The maximum atomic E-state index is 4.13. The first-order valence-electron chi connectivity index (χ1n) is 4.17. The smallest absolute Gasteiger partial charge is 0.0626 e. The monoisotopic (exact) mass is 148 g/mol. The fourth-order valence-electron chi connectivity index (χ4n) is 0.938. The fraction of sp³-hybridized carbons (Fsp3) is 0.400. The lowest BCUT2D eigenvalue weighted by molar-refractivity contribution is 0.814. The summed E-state index contributed by atoms with van der Waals surface area (Å²) < 4.78 is 0. The molecule has 1 radical (unpaired) electrons. The summed E-state index contributed by atoms with van der Waals surface area (Å²) in [6.07, 6.45) is 13.8. The molecule has 0 atom stereocenters. The van der Waals surface area contributed by atoms with Gasteiger partial charge in [-0.25, -0.2) is 0 Å². The van der Waals surface area contributed by atoms with Gasteiger partial charge >= 0.3 is 0 Å². The second kappa shape index (κ2) is 4.78. The third kappa shape index (κ3) is 3.08. The van der Waals surface area contributed by atoms with Gasteiger partial charge in [-0.15, -0.1) is 0 Å². The van der Waals surface area contributed by atoms with Gasteiger partial charge in [0.25, 0.3) is 0 Å². The third-order valence-electron chi connectivity index (χ3n) is 1.59. The summed E-state index contributed by atoms with van der Waals surface area (Å²) >= 11 is 0. The van der Waals surface area contributed by atoms with E-state index < -0.39 is 0 Å².